The van der Waals surface area contributed by atoms with Crippen LogP contribution in [-0.2, 0) is 17.4 Å². The molecule has 0 saturated heterocycles. The van der Waals surface area contributed by atoms with Crippen molar-refractivity contribution in [1.29, 1.82) is 0 Å². The molecular formula is C24H18Cl2F4N2O2S. The molecule has 3 aromatic carbocycles. The maximum Gasteiger partial charge on any atom is 0.417 e. The number of H-pyrrole nitrogens is 1. The lowest BCUT2D eigenvalue weighted by molar-refractivity contribution is -0.137. The quantitative estimate of drug-likeness (QED) is 0.199. The van der Waals surface area contributed by atoms with Crippen LogP contribution >= 0.6 is 23.2 Å². The van der Waals surface area contributed by atoms with Crippen molar-refractivity contribution in [3.8, 4) is 11.1 Å². The molecule has 35 heavy (non-hydrogen) atoms. The number of fused-ring (bicyclic) bond motifs is 1. The normalized spacial score (nSPS) is 13.8. The zero-order valence-electron chi connectivity index (χ0n) is 17.9. The molecule has 2 N–H and O–H groups in total. The number of benzene rings is 3. The number of imidazole rings is 1. The van der Waals surface area contributed by atoms with E-state index in [4.69, 9.17) is 23.2 Å². The Morgan fingerprint density at radius 3 is 2.40 bits per heavy atom. The maximum atomic E-state index is 13.6. The molecule has 0 saturated carbocycles. The van der Waals surface area contributed by atoms with Gasteiger partial charge in [-0.1, -0.05) is 53.5 Å². The van der Waals surface area contributed by atoms with E-state index in [0.717, 1.165) is 6.07 Å². The van der Waals surface area contributed by atoms with Gasteiger partial charge < -0.3 is 14.6 Å². The molecule has 4 rings (SSSR count). The molecule has 0 bridgehead atoms. The third kappa shape index (κ3) is 5.15. The van der Waals surface area contributed by atoms with E-state index in [1.807, 2.05) is 0 Å². The van der Waals surface area contributed by atoms with Gasteiger partial charge in [-0.25, -0.2) is 9.37 Å². The van der Waals surface area contributed by atoms with E-state index < -0.39 is 35.5 Å². The van der Waals surface area contributed by atoms with Crippen molar-refractivity contribution in [2.45, 2.75) is 17.0 Å². The lowest BCUT2D eigenvalue weighted by atomic mass is 9.98. The molecule has 184 valence electrons. The molecule has 11 heteroatoms. The summed E-state index contributed by atoms with van der Waals surface area (Å²) in [5.74, 6) is -0.419. The van der Waals surface area contributed by atoms with E-state index in [0.29, 0.717) is 21.8 Å². The second-order valence-corrected chi connectivity index (χ2v) is 10.0. The van der Waals surface area contributed by atoms with Gasteiger partial charge in [0.2, 0.25) is 0 Å². The molecule has 0 aliphatic carbocycles. The highest BCUT2D eigenvalue weighted by Crippen LogP contribution is 2.45. The van der Waals surface area contributed by atoms with Gasteiger partial charge in [0, 0.05) is 5.56 Å². The summed E-state index contributed by atoms with van der Waals surface area (Å²) < 4.78 is 65.3. The average molecular weight is 545 g/mol. The van der Waals surface area contributed by atoms with Gasteiger partial charge in [-0.05, 0) is 46.6 Å². The summed E-state index contributed by atoms with van der Waals surface area (Å²) in [6, 6.07) is 12.9. The van der Waals surface area contributed by atoms with Crippen molar-refractivity contribution >= 4 is 45.4 Å². The van der Waals surface area contributed by atoms with Gasteiger partial charge in [-0.15, -0.1) is 0 Å². The highest BCUT2D eigenvalue weighted by atomic mass is 35.5. The number of hydrogen-bond acceptors (Lipinski definition) is 3. The number of aromatic amines is 1. The first-order valence-corrected chi connectivity index (χ1v) is 12.4. The van der Waals surface area contributed by atoms with Crippen molar-refractivity contribution in [3.63, 3.8) is 0 Å². The van der Waals surface area contributed by atoms with Crippen LogP contribution in [0.5, 0.6) is 0 Å². The molecule has 0 fully saturated rings. The number of nitrogens with zero attached hydrogens (tertiary/aromatic N) is 1. The molecule has 0 amide bonds. The summed E-state index contributed by atoms with van der Waals surface area (Å²) in [7, 11) is 0. The van der Waals surface area contributed by atoms with Gasteiger partial charge in [0.15, 0.2) is 4.90 Å². The highest BCUT2D eigenvalue weighted by molar-refractivity contribution is 7.91. The van der Waals surface area contributed by atoms with E-state index in [1.54, 1.807) is 24.3 Å². The predicted octanol–water partition coefficient (Wildman–Crippen LogP) is 6.76. The first-order valence-electron chi connectivity index (χ1n) is 10.3. The van der Waals surface area contributed by atoms with Crippen LogP contribution in [0.4, 0.5) is 17.6 Å². The first kappa shape index (κ1) is 25.8. The Kier molecular flexibility index (Phi) is 7.63. The molecule has 0 aliphatic heterocycles. The van der Waals surface area contributed by atoms with Crippen LogP contribution in [0, 0.1) is 0 Å². The molecule has 2 atom stereocenters. The second kappa shape index (κ2) is 10.4. The minimum absolute atomic E-state index is 0.00653. The second-order valence-electron chi connectivity index (χ2n) is 7.65. The van der Waals surface area contributed by atoms with Crippen molar-refractivity contribution in [2.75, 3.05) is 19.0 Å². The van der Waals surface area contributed by atoms with Crippen LogP contribution in [0.15, 0.2) is 59.5 Å². The first-order chi connectivity index (χ1) is 16.7. The number of aliphatic hydroxyl groups is 1. The molecule has 0 radical (unpaired) electrons. The number of aliphatic hydroxyl groups excluding tert-OH is 1. The number of alkyl halides is 4. The largest absolute Gasteiger partial charge is 0.611 e. The fourth-order valence-electron chi connectivity index (χ4n) is 3.85. The Balaban J connectivity index is 1.78. The lowest BCUT2D eigenvalue weighted by Crippen LogP contribution is -2.10. The van der Waals surface area contributed by atoms with E-state index in [9.17, 15) is 27.2 Å². The number of nitrogens with one attached hydrogen (secondary N) is 1. The molecule has 4 nitrogen and oxygen atoms in total. The lowest BCUT2D eigenvalue weighted by Gasteiger charge is -2.15. The molecule has 2 unspecified atom stereocenters. The van der Waals surface area contributed by atoms with Gasteiger partial charge in [-0.3, -0.25) is 0 Å². The standard InChI is InChI=1S/C24H18Cl2F4N2O2S/c25-18-11-19-22(21(26)20(18)15-3-1-2-4-17(15)24(28,29)30)32-23(31-19)16(12-33)13-5-7-14(8-6-13)35(34)10-9-27/h1-8,11,16,33H,9-10,12H2,(H,31,32). The Morgan fingerprint density at radius 1 is 1.09 bits per heavy atom. The highest BCUT2D eigenvalue weighted by Gasteiger charge is 2.34. The monoisotopic (exact) mass is 544 g/mol. The van der Waals surface area contributed by atoms with Crippen LogP contribution in [0.2, 0.25) is 10.0 Å². The fourth-order valence-corrected chi connectivity index (χ4v) is 5.37. The zero-order valence-corrected chi connectivity index (χ0v) is 20.2. The van der Waals surface area contributed by atoms with Crippen molar-refractivity contribution in [1.82, 2.24) is 9.97 Å². The third-order valence-electron chi connectivity index (χ3n) is 5.51. The third-order valence-corrected chi connectivity index (χ3v) is 7.50. The Morgan fingerprint density at radius 2 is 1.77 bits per heavy atom. The number of hydrogen-bond donors (Lipinski definition) is 2. The molecule has 4 aromatic rings. The van der Waals surface area contributed by atoms with Crippen molar-refractivity contribution < 1.29 is 27.2 Å². The van der Waals surface area contributed by atoms with Crippen LogP contribution in [0.1, 0.15) is 22.9 Å². The summed E-state index contributed by atoms with van der Waals surface area (Å²) in [4.78, 5) is 7.96. The van der Waals surface area contributed by atoms with Crippen LogP contribution in [0.3, 0.4) is 0 Å². The summed E-state index contributed by atoms with van der Waals surface area (Å²) in [5.41, 5.74) is 0.193. The molecule has 1 aromatic heterocycles. The fraction of sp³-hybridized carbons (Fsp3) is 0.208. The van der Waals surface area contributed by atoms with Crippen LogP contribution in [0.25, 0.3) is 22.2 Å². The van der Waals surface area contributed by atoms with E-state index in [-0.39, 0.29) is 39.0 Å². The minimum atomic E-state index is -4.61. The van der Waals surface area contributed by atoms with Gasteiger partial charge in [0.05, 0.1) is 33.7 Å². The number of aromatic nitrogens is 2. The number of halogens is 6. The molecule has 0 aliphatic rings. The molecular weight excluding hydrogens is 527 g/mol. The van der Waals surface area contributed by atoms with E-state index in [2.05, 4.69) is 9.97 Å². The van der Waals surface area contributed by atoms with Crippen molar-refractivity contribution in [3.05, 3.63) is 81.6 Å². The Bertz CT molecular complexity index is 1350. The average Bonchev–Trinajstić information content (AvgIpc) is 3.23. The van der Waals surface area contributed by atoms with E-state index in [1.165, 1.54) is 24.3 Å². The number of rotatable bonds is 7. The summed E-state index contributed by atoms with van der Waals surface area (Å²) >= 11 is 11.4. The van der Waals surface area contributed by atoms with Crippen molar-refractivity contribution in [2.24, 2.45) is 0 Å². The van der Waals surface area contributed by atoms with Gasteiger partial charge >= 0.3 is 6.18 Å². The van der Waals surface area contributed by atoms with Crippen LogP contribution in [-0.4, -0.2) is 38.7 Å². The summed E-state index contributed by atoms with van der Waals surface area (Å²) in [5, 5.41) is 10.0. The van der Waals surface area contributed by atoms with Gasteiger partial charge in [-0.2, -0.15) is 13.2 Å². The Labute approximate surface area is 211 Å². The van der Waals surface area contributed by atoms with Crippen LogP contribution < -0.4 is 0 Å². The van der Waals surface area contributed by atoms with Gasteiger partial charge in [0.1, 0.15) is 23.8 Å². The maximum absolute atomic E-state index is 13.6. The topological polar surface area (TPSA) is 72.0 Å². The minimum Gasteiger partial charge on any atom is -0.611 e. The van der Waals surface area contributed by atoms with Gasteiger partial charge in [0.25, 0.3) is 0 Å². The van der Waals surface area contributed by atoms with E-state index >= 15 is 0 Å². The smallest absolute Gasteiger partial charge is 0.417 e. The summed E-state index contributed by atoms with van der Waals surface area (Å²) in [6.07, 6.45) is -4.61. The Hall–Kier alpha value is -2.30. The molecule has 1 heterocycles. The molecule has 0 spiro atoms. The SMILES string of the molecule is [O-][S+](CCF)c1ccc(C(CO)c2nc3c(Cl)c(-c4ccccc4C(F)(F)F)c(Cl)cc3[nH]2)cc1. The summed E-state index contributed by atoms with van der Waals surface area (Å²) in [6.45, 7) is -1.05. The zero-order chi connectivity index (χ0) is 25.3. The predicted molar refractivity (Wildman–Crippen MR) is 129 cm³/mol.